The van der Waals surface area contributed by atoms with Gasteiger partial charge in [-0.3, -0.25) is 4.79 Å². The van der Waals surface area contributed by atoms with Gasteiger partial charge in [0.25, 0.3) is 0 Å². The second-order valence-electron chi connectivity index (χ2n) is 4.57. The van der Waals surface area contributed by atoms with E-state index in [2.05, 4.69) is 22.5 Å². The number of carbonyl (C=O) groups excluding carboxylic acids is 1. The summed E-state index contributed by atoms with van der Waals surface area (Å²) in [6, 6.07) is 0.117. The van der Waals surface area contributed by atoms with Crippen molar-refractivity contribution in [1.82, 2.24) is 15.5 Å². The minimum atomic E-state index is -0.219. The lowest BCUT2D eigenvalue weighted by atomic mass is 10.1. The molecule has 1 heterocycles. The van der Waals surface area contributed by atoms with Gasteiger partial charge in [-0.1, -0.05) is 0 Å². The van der Waals surface area contributed by atoms with Crippen molar-refractivity contribution < 1.29 is 9.53 Å². The summed E-state index contributed by atoms with van der Waals surface area (Å²) in [7, 11) is 4.00. The lowest BCUT2D eigenvalue weighted by Crippen LogP contribution is -2.56. The van der Waals surface area contributed by atoms with E-state index >= 15 is 0 Å². The van der Waals surface area contributed by atoms with Crippen LogP contribution in [0.15, 0.2) is 0 Å². The van der Waals surface area contributed by atoms with Crippen LogP contribution >= 0.6 is 0 Å². The molecule has 1 aliphatic heterocycles. The number of nitrogens with zero attached hydrogens (tertiary/aromatic N) is 1. The normalized spacial score (nSPS) is 27.8. The first kappa shape index (κ1) is 13.4. The van der Waals surface area contributed by atoms with Gasteiger partial charge in [-0.05, 0) is 27.9 Å². The summed E-state index contributed by atoms with van der Waals surface area (Å²) in [6.07, 6.45) is -0.0524. The summed E-state index contributed by atoms with van der Waals surface area (Å²) in [5.41, 5.74) is 0. The van der Waals surface area contributed by atoms with E-state index in [0.717, 1.165) is 6.54 Å². The Morgan fingerprint density at radius 2 is 2.31 bits per heavy atom. The molecule has 1 fully saturated rings. The Labute approximate surface area is 97.5 Å². The summed E-state index contributed by atoms with van der Waals surface area (Å²) in [6.45, 7) is 6.09. The average Bonchev–Trinajstić information content (AvgIpc) is 2.25. The highest BCUT2D eigenvalue weighted by atomic mass is 16.5. The van der Waals surface area contributed by atoms with Crippen molar-refractivity contribution >= 4 is 5.91 Å². The maximum atomic E-state index is 11.9. The standard InChI is InChI=1S/C11H23N3O2/c1-8(14(3)4)7-13-11(15)10-9(2)16-6-5-12-10/h8-10,12H,5-7H2,1-4H3,(H,13,15)/t8?,9-,10+/m1/s1. The fourth-order valence-electron chi connectivity index (χ4n) is 1.57. The van der Waals surface area contributed by atoms with Gasteiger partial charge in [-0.15, -0.1) is 0 Å². The molecule has 5 heteroatoms. The fourth-order valence-corrected chi connectivity index (χ4v) is 1.57. The van der Waals surface area contributed by atoms with Crippen molar-refractivity contribution in [3.05, 3.63) is 0 Å². The van der Waals surface area contributed by atoms with E-state index in [1.54, 1.807) is 0 Å². The molecule has 0 saturated carbocycles. The number of carbonyl (C=O) groups is 1. The van der Waals surface area contributed by atoms with Crippen LogP contribution in [0.4, 0.5) is 0 Å². The predicted molar refractivity (Wildman–Crippen MR) is 63.4 cm³/mol. The van der Waals surface area contributed by atoms with E-state index in [1.165, 1.54) is 0 Å². The summed E-state index contributed by atoms with van der Waals surface area (Å²) in [4.78, 5) is 13.9. The number of ether oxygens (including phenoxy) is 1. The minimum Gasteiger partial charge on any atom is -0.375 e. The third kappa shape index (κ3) is 3.73. The molecule has 0 radical (unpaired) electrons. The molecule has 0 aromatic carbocycles. The number of hydrogen-bond donors (Lipinski definition) is 2. The molecule has 2 N–H and O–H groups in total. The number of likely N-dealkylation sites (N-methyl/N-ethyl adjacent to an activating group) is 1. The van der Waals surface area contributed by atoms with Gasteiger partial charge in [0.2, 0.25) is 5.91 Å². The highest BCUT2D eigenvalue weighted by Crippen LogP contribution is 2.03. The van der Waals surface area contributed by atoms with Crippen molar-refractivity contribution in [2.75, 3.05) is 33.8 Å². The van der Waals surface area contributed by atoms with Gasteiger partial charge in [0.05, 0.1) is 12.7 Å². The van der Waals surface area contributed by atoms with Gasteiger partial charge in [0.1, 0.15) is 6.04 Å². The molecule has 0 aliphatic carbocycles. The van der Waals surface area contributed by atoms with Crippen LogP contribution in [-0.4, -0.2) is 62.8 Å². The number of morpholine rings is 1. The highest BCUT2D eigenvalue weighted by Gasteiger charge is 2.28. The van der Waals surface area contributed by atoms with Crippen LogP contribution in [0.3, 0.4) is 0 Å². The van der Waals surface area contributed by atoms with Gasteiger partial charge >= 0.3 is 0 Å². The molecule has 0 aromatic heterocycles. The van der Waals surface area contributed by atoms with Crippen LogP contribution in [0.2, 0.25) is 0 Å². The Morgan fingerprint density at radius 1 is 1.62 bits per heavy atom. The largest absolute Gasteiger partial charge is 0.375 e. The van der Waals surface area contributed by atoms with Crippen molar-refractivity contribution in [3.63, 3.8) is 0 Å². The monoisotopic (exact) mass is 229 g/mol. The van der Waals surface area contributed by atoms with E-state index in [1.807, 2.05) is 21.0 Å². The summed E-state index contributed by atoms with van der Waals surface area (Å²) in [5.74, 6) is 0.0286. The number of hydrogen-bond acceptors (Lipinski definition) is 4. The van der Waals surface area contributed by atoms with Crippen molar-refractivity contribution in [2.24, 2.45) is 0 Å². The maximum absolute atomic E-state index is 11.9. The lowest BCUT2D eigenvalue weighted by molar-refractivity contribution is -0.129. The second-order valence-corrected chi connectivity index (χ2v) is 4.57. The van der Waals surface area contributed by atoms with Gasteiger partial charge in [0.15, 0.2) is 0 Å². The molecule has 0 aromatic rings. The molecule has 1 saturated heterocycles. The molecule has 0 bridgehead atoms. The van der Waals surface area contributed by atoms with Crippen molar-refractivity contribution in [2.45, 2.75) is 32.0 Å². The molecular weight excluding hydrogens is 206 g/mol. The molecule has 1 aliphatic rings. The van der Waals surface area contributed by atoms with E-state index in [4.69, 9.17) is 4.74 Å². The van der Waals surface area contributed by atoms with Gasteiger partial charge in [-0.25, -0.2) is 0 Å². The topological polar surface area (TPSA) is 53.6 Å². The smallest absolute Gasteiger partial charge is 0.239 e. The minimum absolute atomic E-state index is 0.0286. The molecule has 1 amide bonds. The first-order valence-electron chi connectivity index (χ1n) is 5.81. The Bertz CT molecular complexity index is 233. The third-order valence-electron chi connectivity index (χ3n) is 3.05. The van der Waals surface area contributed by atoms with Crippen LogP contribution in [0.1, 0.15) is 13.8 Å². The number of amides is 1. The predicted octanol–water partition coefficient (Wildman–Crippen LogP) is -0.570. The molecule has 5 nitrogen and oxygen atoms in total. The number of rotatable bonds is 4. The molecule has 1 unspecified atom stereocenters. The van der Waals surface area contributed by atoms with Crippen LogP contribution in [0, 0.1) is 0 Å². The molecule has 0 spiro atoms. The molecule has 94 valence electrons. The van der Waals surface area contributed by atoms with Crippen LogP contribution in [0.25, 0.3) is 0 Å². The molecule has 16 heavy (non-hydrogen) atoms. The second kappa shape index (κ2) is 6.18. The summed E-state index contributed by atoms with van der Waals surface area (Å²) in [5, 5.41) is 6.11. The fraction of sp³-hybridized carbons (Fsp3) is 0.909. The zero-order chi connectivity index (χ0) is 12.1. The van der Waals surface area contributed by atoms with Crippen LogP contribution in [-0.2, 0) is 9.53 Å². The number of nitrogens with one attached hydrogen (secondary N) is 2. The van der Waals surface area contributed by atoms with Gasteiger partial charge in [-0.2, -0.15) is 0 Å². The first-order valence-corrected chi connectivity index (χ1v) is 5.81. The van der Waals surface area contributed by atoms with E-state index in [0.29, 0.717) is 19.2 Å². The Hall–Kier alpha value is -0.650. The zero-order valence-electron chi connectivity index (χ0n) is 10.6. The highest BCUT2D eigenvalue weighted by molar-refractivity contribution is 5.82. The molecule has 1 rings (SSSR count). The summed E-state index contributed by atoms with van der Waals surface area (Å²) < 4.78 is 5.43. The summed E-state index contributed by atoms with van der Waals surface area (Å²) >= 11 is 0. The van der Waals surface area contributed by atoms with Gasteiger partial charge < -0.3 is 20.3 Å². The van der Waals surface area contributed by atoms with Crippen molar-refractivity contribution in [1.29, 1.82) is 0 Å². The SMILES string of the molecule is CC(CNC(=O)[C@H]1NCCO[C@@H]1C)N(C)C. The molecule has 3 atom stereocenters. The Morgan fingerprint density at radius 3 is 2.88 bits per heavy atom. The lowest BCUT2D eigenvalue weighted by Gasteiger charge is -2.30. The van der Waals surface area contributed by atoms with Crippen LogP contribution < -0.4 is 10.6 Å². The third-order valence-corrected chi connectivity index (χ3v) is 3.05. The van der Waals surface area contributed by atoms with Crippen molar-refractivity contribution in [3.8, 4) is 0 Å². The van der Waals surface area contributed by atoms with E-state index in [9.17, 15) is 4.79 Å². The average molecular weight is 229 g/mol. The Kier molecular flexibility index (Phi) is 5.18. The van der Waals surface area contributed by atoms with Gasteiger partial charge in [0, 0.05) is 19.1 Å². The first-order chi connectivity index (χ1) is 7.52. The Balaban J connectivity index is 2.33. The maximum Gasteiger partial charge on any atom is 0.239 e. The molecular formula is C11H23N3O2. The van der Waals surface area contributed by atoms with E-state index < -0.39 is 0 Å². The van der Waals surface area contributed by atoms with E-state index in [-0.39, 0.29) is 18.1 Å². The zero-order valence-corrected chi connectivity index (χ0v) is 10.6. The quantitative estimate of drug-likeness (QED) is 0.678. The van der Waals surface area contributed by atoms with Crippen LogP contribution in [0.5, 0.6) is 0 Å².